The number of nitrogens with one attached hydrogen (secondary N) is 1. The number of amides is 2. The van der Waals surface area contributed by atoms with Crippen LogP contribution in [0.3, 0.4) is 0 Å². The van der Waals surface area contributed by atoms with Crippen LogP contribution < -0.4 is 11.1 Å². The second-order valence-electron chi connectivity index (χ2n) is 10.2. The molecule has 2 aromatic carbocycles. The van der Waals surface area contributed by atoms with Crippen LogP contribution in [0.1, 0.15) is 35.2 Å². The molecular formula is C29H28FN7O2. The number of rotatable bonds is 8. The number of primary amides is 1. The fourth-order valence-corrected chi connectivity index (χ4v) is 5.22. The van der Waals surface area contributed by atoms with E-state index in [1.165, 1.54) is 10.9 Å². The maximum absolute atomic E-state index is 16.0. The number of piperidine rings is 1. The van der Waals surface area contributed by atoms with Gasteiger partial charge in [0.2, 0.25) is 5.91 Å². The van der Waals surface area contributed by atoms with Crippen LogP contribution in [0.2, 0.25) is 0 Å². The third kappa shape index (κ3) is 5.25. The summed E-state index contributed by atoms with van der Waals surface area (Å²) in [5.74, 6) is -2.20. The Morgan fingerprint density at radius 2 is 1.85 bits per heavy atom. The number of alkyl halides is 1. The molecule has 4 atom stereocenters. The van der Waals surface area contributed by atoms with E-state index >= 15 is 4.39 Å². The van der Waals surface area contributed by atoms with Crippen molar-refractivity contribution in [1.82, 2.24) is 14.7 Å². The molecule has 1 aromatic heterocycles. The van der Waals surface area contributed by atoms with Crippen molar-refractivity contribution in [2.75, 3.05) is 18.4 Å². The van der Waals surface area contributed by atoms with Gasteiger partial charge in [0.15, 0.2) is 5.82 Å². The van der Waals surface area contributed by atoms with Crippen LogP contribution in [0.5, 0.6) is 0 Å². The van der Waals surface area contributed by atoms with Gasteiger partial charge in [-0.3, -0.25) is 19.2 Å². The fourth-order valence-electron chi connectivity index (χ4n) is 5.22. The van der Waals surface area contributed by atoms with Crippen molar-refractivity contribution in [3.05, 3.63) is 71.9 Å². The Morgan fingerprint density at radius 3 is 2.46 bits per heavy atom. The molecule has 2 fully saturated rings. The van der Waals surface area contributed by atoms with Crippen LogP contribution in [-0.2, 0) is 16.9 Å². The number of anilines is 1. The van der Waals surface area contributed by atoms with E-state index in [9.17, 15) is 14.9 Å². The minimum Gasteiger partial charge on any atom is -0.365 e. The number of carbonyl (C=O) groups excluding carboxylic acids is 2. The molecule has 0 spiro atoms. The van der Waals surface area contributed by atoms with Gasteiger partial charge in [-0.1, -0.05) is 54.6 Å². The van der Waals surface area contributed by atoms with Crippen LogP contribution >= 0.6 is 0 Å². The van der Waals surface area contributed by atoms with Crippen LogP contribution in [0, 0.1) is 34.5 Å². The second kappa shape index (κ2) is 10.7. The first kappa shape index (κ1) is 26.1. The number of hydrogen-bond acceptors (Lipinski definition) is 6. The Hall–Kier alpha value is -4.54. The Balaban J connectivity index is 1.31. The first-order valence-corrected chi connectivity index (χ1v) is 12.8. The smallest absolute Gasteiger partial charge is 0.254 e. The molecule has 0 radical (unpaired) electrons. The average Bonchev–Trinajstić information content (AvgIpc) is 3.62. The lowest BCUT2D eigenvalue weighted by Gasteiger charge is -2.43. The van der Waals surface area contributed by atoms with Gasteiger partial charge in [0.1, 0.15) is 17.3 Å². The molecule has 1 aliphatic carbocycles. The number of aromatic nitrogens is 2. The lowest BCUT2D eigenvalue weighted by Crippen LogP contribution is -2.54. The SMILES string of the molecule is N#CCC1(n2cc(C(N)=O)c(NC(=O)[C@H]3C[C@@H]3C#N)n2)CCN(Cc2ccc(-c3ccccc3)cc2)CC1F. The Bertz CT molecular complexity index is 1460. The van der Waals surface area contributed by atoms with Crippen molar-refractivity contribution in [1.29, 1.82) is 10.5 Å². The van der Waals surface area contributed by atoms with Gasteiger partial charge in [0.05, 0.1) is 30.4 Å². The van der Waals surface area contributed by atoms with E-state index in [0.29, 0.717) is 19.5 Å². The quantitative estimate of drug-likeness (QED) is 0.460. The minimum atomic E-state index is -1.47. The normalized spacial score (nSPS) is 24.3. The molecule has 39 heavy (non-hydrogen) atoms. The maximum atomic E-state index is 16.0. The summed E-state index contributed by atoms with van der Waals surface area (Å²) in [5, 5.41) is 25.5. The van der Waals surface area contributed by atoms with Crippen LogP contribution in [0.4, 0.5) is 10.2 Å². The van der Waals surface area contributed by atoms with Crippen molar-refractivity contribution in [2.45, 2.75) is 37.5 Å². The van der Waals surface area contributed by atoms with Gasteiger partial charge in [-0.05, 0) is 29.5 Å². The lowest BCUT2D eigenvalue weighted by atomic mass is 9.83. The van der Waals surface area contributed by atoms with Gasteiger partial charge in [-0.25, -0.2) is 4.39 Å². The third-order valence-corrected chi connectivity index (χ3v) is 7.69. The van der Waals surface area contributed by atoms with E-state index in [-0.39, 0.29) is 36.7 Å². The largest absolute Gasteiger partial charge is 0.365 e. The summed E-state index contributed by atoms with van der Waals surface area (Å²) in [6, 6.07) is 22.3. The lowest BCUT2D eigenvalue weighted by molar-refractivity contribution is -0.117. The Labute approximate surface area is 225 Å². The van der Waals surface area contributed by atoms with Crippen LogP contribution in [-0.4, -0.2) is 45.8 Å². The first-order chi connectivity index (χ1) is 18.8. The number of carbonyl (C=O) groups is 2. The highest BCUT2D eigenvalue weighted by Crippen LogP contribution is 2.40. The molecule has 1 saturated heterocycles. The zero-order valence-electron chi connectivity index (χ0n) is 21.3. The van der Waals surface area contributed by atoms with Crippen LogP contribution in [0.15, 0.2) is 60.8 Å². The molecule has 2 unspecified atom stereocenters. The summed E-state index contributed by atoms with van der Waals surface area (Å²) in [6.45, 7) is 1.12. The molecule has 2 heterocycles. The molecule has 3 N–H and O–H groups in total. The van der Waals surface area contributed by atoms with Gasteiger partial charge < -0.3 is 11.1 Å². The molecule has 5 rings (SSSR count). The molecule has 198 valence electrons. The highest BCUT2D eigenvalue weighted by atomic mass is 19.1. The monoisotopic (exact) mass is 525 g/mol. The summed E-state index contributed by atoms with van der Waals surface area (Å²) >= 11 is 0. The van der Waals surface area contributed by atoms with Gasteiger partial charge in [-0.2, -0.15) is 15.6 Å². The van der Waals surface area contributed by atoms with Crippen molar-refractivity contribution in [3.8, 4) is 23.3 Å². The number of nitriles is 2. The van der Waals surface area contributed by atoms with Crippen molar-refractivity contribution in [2.24, 2.45) is 17.6 Å². The Kier molecular flexibility index (Phi) is 7.14. The summed E-state index contributed by atoms with van der Waals surface area (Å²) in [4.78, 5) is 26.6. The highest BCUT2D eigenvalue weighted by molar-refractivity contribution is 6.03. The fraction of sp³-hybridized carbons (Fsp3) is 0.345. The zero-order chi connectivity index (χ0) is 27.6. The molecule has 2 amide bonds. The van der Waals surface area contributed by atoms with E-state index in [4.69, 9.17) is 11.0 Å². The van der Waals surface area contributed by atoms with Gasteiger partial charge in [-0.15, -0.1) is 0 Å². The molecule has 1 saturated carbocycles. The maximum Gasteiger partial charge on any atom is 0.254 e. The second-order valence-corrected chi connectivity index (χ2v) is 10.2. The predicted octanol–water partition coefficient (Wildman–Crippen LogP) is 3.60. The number of nitrogens with zero attached hydrogens (tertiary/aromatic N) is 5. The molecule has 1 aliphatic heterocycles. The summed E-state index contributed by atoms with van der Waals surface area (Å²) in [7, 11) is 0. The van der Waals surface area contributed by atoms with Crippen molar-refractivity contribution in [3.63, 3.8) is 0 Å². The van der Waals surface area contributed by atoms with E-state index < -0.39 is 29.4 Å². The standard InChI is InChI=1S/C29H28FN7O2/c30-25-18-36(16-19-6-8-21(9-7-19)20-4-2-1-3-5-20)13-11-29(25,10-12-31)37-17-24(26(33)38)27(35-37)34-28(39)23-14-22(23)15-32/h1-9,17,22-23,25H,10-11,13-14,16,18H2,(H2,33,38)(H,34,35,39)/t22-,23+,25?,29?/m1/s1. The zero-order valence-corrected chi connectivity index (χ0v) is 21.3. The average molecular weight is 526 g/mol. The number of halogens is 1. The van der Waals surface area contributed by atoms with Gasteiger partial charge >= 0.3 is 0 Å². The molecule has 3 aromatic rings. The van der Waals surface area contributed by atoms with Gasteiger partial charge in [0.25, 0.3) is 5.91 Å². The Morgan fingerprint density at radius 1 is 1.13 bits per heavy atom. The summed E-state index contributed by atoms with van der Waals surface area (Å²) in [6.07, 6.45) is 0.389. The first-order valence-electron chi connectivity index (χ1n) is 12.8. The predicted molar refractivity (Wildman–Crippen MR) is 141 cm³/mol. The molecule has 10 heteroatoms. The molecular weight excluding hydrogens is 497 g/mol. The molecule has 0 bridgehead atoms. The van der Waals surface area contributed by atoms with E-state index in [1.54, 1.807) is 0 Å². The number of likely N-dealkylation sites (tertiary alicyclic amines) is 1. The van der Waals surface area contributed by atoms with Gasteiger partial charge in [0, 0.05) is 25.8 Å². The highest BCUT2D eigenvalue weighted by Gasteiger charge is 2.47. The number of benzene rings is 2. The molecule has 2 aliphatic rings. The van der Waals surface area contributed by atoms with E-state index in [1.807, 2.05) is 65.6 Å². The van der Waals surface area contributed by atoms with Crippen molar-refractivity contribution < 1.29 is 14.0 Å². The van der Waals surface area contributed by atoms with E-state index in [2.05, 4.69) is 16.5 Å². The molecule has 9 nitrogen and oxygen atoms in total. The summed E-state index contributed by atoms with van der Waals surface area (Å²) in [5.41, 5.74) is 7.42. The minimum absolute atomic E-state index is 0.0667. The number of hydrogen-bond donors (Lipinski definition) is 2. The van der Waals surface area contributed by atoms with Crippen molar-refractivity contribution >= 4 is 17.6 Å². The number of nitrogens with two attached hydrogens (primary N) is 1. The van der Waals surface area contributed by atoms with Crippen LogP contribution in [0.25, 0.3) is 11.1 Å². The third-order valence-electron chi connectivity index (χ3n) is 7.69. The topological polar surface area (TPSA) is 141 Å². The van der Waals surface area contributed by atoms with E-state index in [0.717, 1.165) is 16.7 Å². The summed E-state index contributed by atoms with van der Waals surface area (Å²) < 4.78 is 17.2.